The third kappa shape index (κ3) is 11.2. The quantitative estimate of drug-likeness (QED) is 0.106. The largest absolute Gasteiger partial charge is 0.490 e. The summed E-state index contributed by atoms with van der Waals surface area (Å²) in [5.74, 6) is 1.45. The lowest BCUT2D eigenvalue weighted by Gasteiger charge is -2.55. The average molecular weight is 967 g/mol. The molecule has 6 atom stereocenters. The molecule has 6 rings (SSSR count). The predicted octanol–water partition coefficient (Wildman–Crippen LogP) is 13.4. The molecular formula is C54H80O11P2. The Bertz CT molecular complexity index is 2220. The molecule has 2 fully saturated rings. The number of allylic oxidation sites excluding steroid dienone is 4. The van der Waals surface area contributed by atoms with E-state index < -0.39 is 71.2 Å². The van der Waals surface area contributed by atoms with Crippen molar-refractivity contribution in [2.75, 3.05) is 26.4 Å². The van der Waals surface area contributed by atoms with Gasteiger partial charge in [0, 0.05) is 22.0 Å². The molecule has 6 unspecified atom stereocenters. The topological polar surface area (TPSA) is 146 Å². The Hall–Kier alpha value is -2.82. The zero-order chi connectivity index (χ0) is 50.2. The minimum absolute atomic E-state index is 0.0403. The molecule has 13 heteroatoms. The van der Waals surface area contributed by atoms with Crippen LogP contribution >= 0.6 is 15.6 Å². The Labute approximate surface area is 402 Å². The van der Waals surface area contributed by atoms with E-state index in [0.29, 0.717) is 26.4 Å². The van der Waals surface area contributed by atoms with Crippen molar-refractivity contribution in [2.24, 2.45) is 32.5 Å². The van der Waals surface area contributed by atoms with Gasteiger partial charge in [-0.15, -0.1) is 0 Å². The standard InChI is InChI=1S/C54H80O11P2/c1-47(2,3)43-41(27-29-53(51(13,14)15,45(43)49(7,8)9)37-23-19-21-25-39(37)61-33-35-31-59-35)63-67(58,65-66(55,56)57)64-42-28-30-54(52(16,17)18,46(50(10,11)12)44(42)48(4,5)6)38-24-20-22-26-40(38)62-34-36-32-60-36/h19-30,35-36,41-42H,31-34H2,1-18H3,(H2,55,56,57). The maximum atomic E-state index is 15.8. The van der Waals surface area contributed by atoms with Crippen molar-refractivity contribution in [3.63, 3.8) is 0 Å². The summed E-state index contributed by atoms with van der Waals surface area (Å²) in [5, 5.41) is 0. The third-order valence-corrected chi connectivity index (χ3v) is 16.0. The van der Waals surface area contributed by atoms with E-state index in [1.807, 2.05) is 48.6 Å². The first-order chi connectivity index (χ1) is 30.5. The number of epoxide rings is 2. The lowest BCUT2D eigenvalue weighted by atomic mass is 9.50. The number of benzene rings is 2. The summed E-state index contributed by atoms with van der Waals surface area (Å²) in [5.41, 5.74) is 0.565. The fourth-order valence-electron chi connectivity index (χ4n) is 10.8. The molecule has 2 heterocycles. The Morgan fingerprint density at radius 2 is 0.881 bits per heavy atom. The lowest BCUT2D eigenvalue weighted by molar-refractivity contribution is 0.0970. The van der Waals surface area contributed by atoms with Crippen LogP contribution in [0.1, 0.15) is 136 Å². The molecule has 4 aliphatic rings. The van der Waals surface area contributed by atoms with Crippen molar-refractivity contribution in [2.45, 2.75) is 160 Å². The second-order valence-electron chi connectivity index (χ2n) is 25.0. The van der Waals surface area contributed by atoms with Crippen LogP contribution in [0.2, 0.25) is 0 Å². The van der Waals surface area contributed by atoms with Crippen LogP contribution in [0.25, 0.3) is 0 Å². The highest BCUT2D eigenvalue weighted by molar-refractivity contribution is 7.61. The van der Waals surface area contributed by atoms with Gasteiger partial charge >= 0.3 is 15.6 Å². The normalized spacial score (nSPS) is 27.3. The molecule has 0 spiro atoms. The van der Waals surface area contributed by atoms with Crippen LogP contribution in [0.4, 0.5) is 0 Å². The van der Waals surface area contributed by atoms with Crippen LogP contribution in [-0.4, -0.2) is 60.6 Å². The summed E-state index contributed by atoms with van der Waals surface area (Å²) < 4.78 is 71.7. The number of phosphoric ester groups is 1. The molecule has 0 bridgehead atoms. The highest BCUT2D eigenvalue weighted by atomic mass is 31.3. The molecule has 2 N–H and O–H groups in total. The fraction of sp³-hybridized carbons (Fsp3) is 0.630. The Kier molecular flexibility index (Phi) is 14.5. The summed E-state index contributed by atoms with van der Waals surface area (Å²) >= 11 is 0. The van der Waals surface area contributed by atoms with Crippen molar-refractivity contribution in [1.82, 2.24) is 0 Å². The van der Waals surface area contributed by atoms with Gasteiger partial charge in [-0.25, -0.2) is 9.13 Å². The molecule has 372 valence electrons. The second-order valence-corrected chi connectivity index (χ2v) is 28.0. The van der Waals surface area contributed by atoms with E-state index in [9.17, 15) is 14.4 Å². The maximum Gasteiger partial charge on any atom is 0.485 e. The SMILES string of the molecule is CC(C)(C)C1=C(C(C)(C)C)C(c2ccccc2OCC2CO2)(C(C)(C)C)C=CC1OP(=O)(OC1C=CC(c2ccccc2OCC2CO2)(C(C)(C)C)C(C(C)(C)C)=C1C(C)(C)C)OP(=O)(O)O. The van der Waals surface area contributed by atoms with Crippen molar-refractivity contribution in [3.8, 4) is 11.5 Å². The van der Waals surface area contributed by atoms with Crippen LogP contribution in [0, 0.1) is 32.5 Å². The van der Waals surface area contributed by atoms with E-state index in [2.05, 4.69) is 149 Å². The van der Waals surface area contributed by atoms with Gasteiger partial charge in [0.05, 0.1) is 13.2 Å². The third-order valence-electron chi connectivity index (χ3n) is 13.4. The summed E-state index contributed by atoms with van der Waals surface area (Å²) in [6, 6.07) is 16.1. The molecular weight excluding hydrogens is 887 g/mol. The number of hydrogen-bond donors (Lipinski definition) is 2. The van der Waals surface area contributed by atoms with Gasteiger partial charge in [-0.1, -0.05) is 185 Å². The lowest BCUT2D eigenvalue weighted by Crippen LogP contribution is -2.49. The Balaban J connectivity index is 1.56. The van der Waals surface area contributed by atoms with Crippen molar-refractivity contribution < 1.29 is 51.2 Å². The van der Waals surface area contributed by atoms with E-state index in [1.54, 1.807) is 0 Å². The fourth-order valence-corrected chi connectivity index (χ4v) is 13.1. The molecule has 11 nitrogen and oxygen atoms in total. The van der Waals surface area contributed by atoms with Crippen LogP contribution in [-0.2, 0) is 42.8 Å². The first-order valence-corrected chi connectivity index (χ1v) is 26.8. The molecule has 2 aromatic carbocycles. The number of hydrogen-bond acceptors (Lipinski definition) is 9. The summed E-state index contributed by atoms with van der Waals surface area (Å²) in [7, 11) is -10.7. The minimum atomic E-state index is -5.52. The predicted molar refractivity (Wildman–Crippen MR) is 266 cm³/mol. The monoisotopic (exact) mass is 967 g/mol. The number of ether oxygens (including phenoxy) is 4. The first kappa shape index (κ1) is 53.5. The summed E-state index contributed by atoms with van der Waals surface area (Å²) in [6.45, 7) is 40.7. The van der Waals surface area contributed by atoms with Crippen molar-refractivity contribution in [1.29, 1.82) is 0 Å². The van der Waals surface area contributed by atoms with Gasteiger partial charge in [0.1, 0.15) is 49.1 Å². The first-order valence-electron chi connectivity index (χ1n) is 23.8. The molecule has 2 aliphatic carbocycles. The molecule has 67 heavy (non-hydrogen) atoms. The highest BCUT2D eigenvalue weighted by Gasteiger charge is 2.58. The van der Waals surface area contributed by atoms with Gasteiger partial charge in [-0.2, -0.15) is 4.31 Å². The summed E-state index contributed by atoms with van der Waals surface area (Å²) in [6.07, 6.45) is 5.78. The van der Waals surface area contributed by atoms with Gasteiger partial charge in [-0.3, -0.25) is 9.05 Å². The van der Waals surface area contributed by atoms with E-state index in [0.717, 1.165) is 44.9 Å². The van der Waals surface area contributed by atoms with Crippen molar-refractivity contribution >= 4 is 15.6 Å². The van der Waals surface area contributed by atoms with Gasteiger partial charge in [0.15, 0.2) is 0 Å². The Morgan fingerprint density at radius 3 is 1.15 bits per heavy atom. The molecule has 0 saturated carbocycles. The smallest absolute Gasteiger partial charge is 0.485 e. The van der Waals surface area contributed by atoms with E-state index in [1.165, 1.54) is 0 Å². The van der Waals surface area contributed by atoms with Crippen molar-refractivity contribution in [3.05, 3.63) is 106 Å². The zero-order valence-electron chi connectivity index (χ0n) is 43.5. The van der Waals surface area contributed by atoms with Gasteiger partial charge in [0.25, 0.3) is 0 Å². The molecule has 0 aromatic heterocycles. The zero-order valence-corrected chi connectivity index (χ0v) is 45.3. The van der Waals surface area contributed by atoms with Crippen LogP contribution in [0.5, 0.6) is 11.5 Å². The second kappa shape index (κ2) is 18.1. The molecule has 2 aromatic rings. The van der Waals surface area contributed by atoms with E-state index in [4.69, 9.17) is 32.3 Å². The Morgan fingerprint density at radius 1 is 0.552 bits per heavy atom. The van der Waals surface area contributed by atoms with E-state index >= 15 is 4.57 Å². The average Bonchev–Trinajstić information content (AvgIpc) is 4.09. The summed E-state index contributed by atoms with van der Waals surface area (Å²) in [4.78, 5) is 21.2. The molecule has 2 saturated heterocycles. The van der Waals surface area contributed by atoms with Gasteiger partial charge in [-0.05, 0) is 66.9 Å². The maximum absolute atomic E-state index is 15.8. The minimum Gasteiger partial charge on any atom is -0.490 e. The molecule has 0 radical (unpaired) electrons. The molecule has 0 amide bonds. The van der Waals surface area contributed by atoms with Gasteiger partial charge in [0.2, 0.25) is 0 Å². The number of para-hydroxylation sites is 2. The van der Waals surface area contributed by atoms with E-state index in [-0.39, 0.29) is 12.2 Å². The number of phosphoric acid groups is 2. The number of rotatable bonds is 14. The molecule has 2 aliphatic heterocycles. The van der Waals surface area contributed by atoms with Gasteiger partial charge < -0.3 is 28.7 Å². The van der Waals surface area contributed by atoms with Crippen LogP contribution in [0.3, 0.4) is 0 Å². The van der Waals surface area contributed by atoms with Crippen LogP contribution < -0.4 is 9.47 Å². The van der Waals surface area contributed by atoms with Crippen LogP contribution in [0.15, 0.2) is 95.1 Å². The highest BCUT2D eigenvalue weighted by Crippen LogP contribution is 2.68.